The minimum atomic E-state index is -4.34. The lowest BCUT2D eigenvalue weighted by atomic mass is 9.90. The van der Waals surface area contributed by atoms with E-state index in [4.69, 9.17) is 0 Å². The summed E-state index contributed by atoms with van der Waals surface area (Å²) in [5.41, 5.74) is -1.45. The topological polar surface area (TPSA) is 53.2 Å². The Morgan fingerprint density at radius 3 is 2.57 bits per heavy atom. The Bertz CT molecular complexity index is 453. The molecule has 3 N–H and O–H groups in total. The van der Waals surface area contributed by atoms with E-state index in [0.29, 0.717) is 0 Å². The van der Waals surface area contributed by atoms with Crippen LogP contribution in [0.5, 0.6) is 0 Å². The molecule has 0 spiro atoms. The fraction of sp³-hybridized carbons (Fsp3) is 0.643. The van der Waals surface area contributed by atoms with Crippen LogP contribution in [0.2, 0.25) is 0 Å². The lowest BCUT2D eigenvalue weighted by molar-refractivity contribution is -0.0887. The highest BCUT2D eigenvalue weighted by Gasteiger charge is 2.35. The van der Waals surface area contributed by atoms with Crippen molar-refractivity contribution in [2.45, 2.75) is 43.9 Å². The van der Waals surface area contributed by atoms with Gasteiger partial charge >= 0.3 is 12.2 Å². The highest BCUT2D eigenvalue weighted by atomic mass is 19.4. The maximum Gasteiger partial charge on any atom is 0.416 e. The highest BCUT2D eigenvalue weighted by molar-refractivity contribution is 5.75. The molecule has 1 aliphatic carbocycles. The molecule has 2 rings (SSSR count). The van der Waals surface area contributed by atoms with Crippen molar-refractivity contribution in [1.29, 1.82) is 0 Å². The summed E-state index contributed by atoms with van der Waals surface area (Å²) >= 11 is 0. The Morgan fingerprint density at radius 1 is 1.38 bits per heavy atom. The molecular formula is C14H20F3N3O. The number of allylic oxidation sites excluding steroid dienone is 2. The number of carbonyl (C=O) groups is 1. The number of nitrogens with one attached hydrogen (secondary N) is 3. The Balaban J connectivity index is 1.87. The molecule has 0 radical (unpaired) electrons. The van der Waals surface area contributed by atoms with Gasteiger partial charge in [-0.2, -0.15) is 13.2 Å². The zero-order chi connectivity index (χ0) is 15.5. The van der Waals surface area contributed by atoms with Gasteiger partial charge in [-0.1, -0.05) is 18.2 Å². The van der Waals surface area contributed by atoms with Crippen LogP contribution < -0.4 is 16.0 Å². The van der Waals surface area contributed by atoms with E-state index in [1.807, 2.05) is 0 Å². The summed E-state index contributed by atoms with van der Waals surface area (Å²) in [7, 11) is 0. The summed E-state index contributed by atoms with van der Waals surface area (Å²) in [5, 5.41) is 8.81. The first-order valence-electron chi connectivity index (χ1n) is 7.04. The van der Waals surface area contributed by atoms with Crippen molar-refractivity contribution in [2.24, 2.45) is 0 Å². The zero-order valence-corrected chi connectivity index (χ0v) is 11.9. The fourth-order valence-corrected chi connectivity index (χ4v) is 2.48. The minimum absolute atomic E-state index is 0.115. The average Bonchev–Trinajstić information content (AvgIpc) is 2.38. The fourth-order valence-electron chi connectivity index (χ4n) is 2.48. The molecule has 0 aromatic heterocycles. The molecule has 7 heteroatoms. The van der Waals surface area contributed by atoms with E-state index in [0.717, 1.165) is 38.1 Å². The second-order valence-corrected chi connectivity index (χ2v) is 5.73. The predicted octanol–water partition coefficient (Wildman–Crippen LogP) is 2.24. The van der Waals surface area contributed by atoms with Crippen LogP contribution in [-0.4, -0.2) is 36.9 Å². The third-order valence-corrected chi connectivity index (χ3v) is 3.78. The van der Waals surface area contributed by atoms with Crippen molar-refractivity contribution in [3.63, 3.8) is 0 Å². The quantitative estimate of drug-likeness (QED) is 0.733. The van der Waals surface area contributed by atoms with Crippen LogP contribution >= 0.6 is 0 Å². The summed E-state index contributed by atoms with van der Waals surface area (Å²) in [5.74, 6) is 0. The van der Waals surface area contributed by atoms with Crippen LogP contribution in [0.1, 0.15) is 26.2 Å². The number of piperidine rings is 1. The van der Waals surface area contributed by atoms with Gasteiger partial charge in [0.15, 0.2) is 0 Å². The largest absolute Gasteiger partial charge is 0.416 e. The molecule has 1 heterocycles. The zero-order valence-electron chi connectivity index (χ0n) is 11.9. The van der Waals surface area contributed by atoms with E-state index >= 15 is 0 Å². The van der Waals surface area contributed by atoms with Gasteiger partial charge in [0.1, 0.15) is 0 Å². The molecule has 118 valence electrons. The minimum Gasteiger partial charge on any atom is -0.335 e. The van der Waals surface area contributed by atoms with Crippen LogP contribution in [0.15, 0.2) is 23.8 Å². The van der Waals surface area contributed by atoms with E-state index in [2.05, 4.69) is 16.0 Å². The summed E-state index contributed by atoms with van der Waals surface area (Å²) in [6.07, 6.45) is 1.04. The molecule has 2 amide bonds. The van der Waals surface area contributed by atoms with Crippen molar-refractivity contribution in [2.75, 3.05) is 13.1 Å². The molecule has 0 saturated carbocycles. The molecule has 1 unspecified atom stereocenters. The SMILES string of the molecule is CC1(NC(=O)NC2CCNCC2)C=CC(C(F)(F)F)=CC1. The number of hydrogen-bond acceptors (Lipinski definition) is 2. The van der Waals surface area contributed by atoms with Gasteiger partial charge in [-0.25, -0.2) is 4.79 Å². The van der Waals surface area contributed by atoms with Crippen LogP contribution in [-0.2, 0) is 0 Å². The van der Waals surface area contributed by atoms with Crippen molar-refractivity contribution >= 4 is 6.03 Å². The molecule has 21 heavy (non-hydrogen) atoms. The number of carbonyl (C=O) groups excluding carboxylic acids is 1. The van der Waals surface area contributed by atoms with Gasteiger partial charge in [-0.3, -0.25) is 0 Å². The van der Waals surface area contributed by atoms with E-state index < -0.39 is 17.3 Å². The summed E-state index contributed by atoms with van der Waals surface area (Å²) in [6, 6.07) is -0.221. The monoisotopic (exact) mass is 303 g/mol. The Labute approximate surface area is 121 Å². The van der Waals surface area contributed by atoms with E-state index in [1.54, 1.807) is 6.92 Å². The summed E-state index contributed by atoms with van der Waals surface area (Å²) in [6.45, 7) is 3.43. The molecule has 0 aromatic carbocycles. The Morgan fingerprint density at radius 2 is 2.05 bits per heavy atom. The van der Waals surface area contributed by atoms with Gasteiger partial charge in [0.05, 0.1) is 11.1 Å². The first-order valence-corrected chi connectivity index (χ1v) is 7.04. The summed E-state index contributed by atoms with van der Waals surface area (Å²) in [4.78, 5) is 11.9. The number of rotatable bonds is 2. The number of hydrogen-bond donors (Lipinski definition) is 3. The second kappa shape index (κ2) is 6.09. The van der Waals surface area contributed by atoms with Gasteiger partial charge in [-0.05, 0) is 39.3 Å². The van der Waals surface area contributed by atoms with E-state index in [9.17, 15) is 18.0 Å². The van der Waals surface area contributed by atoms with Crippen molar-refractivity contribution in [3.8, 4) is 0 Å². The third kappa shape index (κ3) is 4.49. The summed E-state index contributed by atoms with van der Waals surface area (Å²) < 4.78 is 37.6. The number of alkyl halides is 3. The Hall–Kier alpha value is -1.50. The van der Waals surface area contributed by atoms with Gasteiger partial charge in [0, 0.05) is 6.04 Å². The van der Waals surface area contributed by atoms with Gasteiger partial charge in [0.25, 0.3) is 0 Å². The maximum atomic E-state index is 12.5. The lowest BCUT2D eigenvalue weighted by Gasteiger charge is -2.31. The normalized spacial score (nSPS) is 27.1. The highest BCUT2D eigenvalue weighted by Crippen LogP contribution is 2.32. The lowest BCUT2D eigenvalue weighted by Crippen LogP contribution is -2.53. The van der Waals surface area contributed by atoms with E-state index in [-0.39, 0.29) is 18.5 Å². The molecule has 0 bridgehead atoms. The molecule has 0 aromatic rings. The van der Waals surface area contributed by atoms with Crippen LogP contribution in [0.25, 0.3) is 0 Å². The van der Waals surface area contributed by atoms with Gasteiger partial charge in [-0.15, -0.1) is 0 Å². The number of urea groups is 1. The van der Waals surface area contributed by atoms with Crippen LogP contribution in [0.3, 0.4) is 0 Å². The molecule has 1 aliphatic heterocycles. The van der Waals surface area contributed by atoms with Crippen LogP contribution in [0.4, 0.5) is 18.0 Å². The molecule has 2 aliphatic rings. The standard InChI is InChI=1S/C14H20F3N3O/c1-13(6-2-10(3-7-13)14(15,16)17)20-12(21)19-11-4-8-18-9-5-11/h2-3,6,11,18H,4-5,7-9H2,1H3,(H2,19,20,21). The van der Waals surface area contributed by atoms with Gasteiger partial charge < -0.3 is 16.0 Å². The van der Waals surface area contributed by atoms with Crippen molar-refractivity contribution < 1.29 is 18.0 Å². The number of amides is 2. The Kier molecular flexibility index (Phi) is 4.61. The number of halogens is 3. The first-order chi connectivity index (χ1) is 9.78. The van der Waals surface area contributed by atoms with Crippen molar-refractivity contribution in [1.82, 2.24) is 16.0 Å². The molecule has 1 atom stereocenters. The average molecular weight is 303 g/mol. The van der Waals surface area contributed by atoms with E-state index in [1.165, 1.54) is 6.08 Å². The molecule has 1 saturated heterocycles. The predicted molar refractivity (Wildman–Crippen MR) is 73.9 cm³/mol. The first kappa shape index (κ1) is 15.9. The maximum absolute atomic E-state index is 12.5. The molecule has 4 nitrogen and oxygen atoms in total. The van der Waals surface area contributed by atoms with Crippen molar-refractivity contribution in [3.05, 3.63) is 23.8 Å². The smallest absolute Gasteiger partial charge is 0.335 e. The van der Waals surface area contributed by atoms with Crippen LogP contribution in [0, 0.1) is 0 Å². The van der Waals surface area contributed by atoms with Gasteiger partial charge in [0.2, 0.25) is 0 Å². The second-order valence-electron chi connectivity index (χ2n) is 5.73. The molecular weight excluding hydrogens is 283 g/mol. The third-order valence-electron chi connectivity index (χ3n) is 3.78. The molecule has 1 fully saturated rings.